The van der Waals surface area contributed by atoms with Crippen LogP contribution in [-0.4, -0.2) is 4.57 Å². The van der Waals surface area contributed by atoms with Crippen molar-refractivity contribution in [2.45, 2.75) is 0 Å². The van der Waals surface area contributed by atoms with Crippen LogP contribution in [-0.2, 0) is 0 Å². The van der Waals surface area contributed by atoms with Crippen LogP contribution in [0.15, 0.2) is 267 Å². The normalized spacial score (nSPS) is 11.5. The van der Waals surface area contributed by atoms with E-state index in [1.807, 2.05) is 0 Å². The quantitative estimate of drug-likeness (QED) is 0.138. The molecule has 1 aromatic heterocycles. The van der Waals surface area contributed by atoms with Crippen LogP contribution >= 0.6 is 0 Å². The average molecular weight is 865 g/mol. The van der Waals surface area contributed by atoms with Crippen LogP contribution in [0.5, 0.6) is 0 Å². The summed E-state index contributed by atoms with van der Waals surface area (Å²) in [6.07, 6.45) is 0. The zero-order valence-electron chi connectivity index (χ0n) is 37.3. The van der Waals surface area contributed by atoms with E-state index in [-0.39, 0.29) is 0 Å². The largest absolute Gasteiger partial charge is 0.310 e. The maximum absolute atomic E-state index is 2.42. The molecular formula is C66H44N2. The first-order valence-corrected chi connectivity index (χ1v) is 23.4. The molecule has 0 aliphatic carbocycles. The maximum Gasteiger partial charge on any atom is 0.0547 e. The number of aromatic nitrogens is 1. The minimum atomic E-state index is 1.08. The Morgan fingerprint density at radius 1 is 0.250 bits per heavy atom. The molecule has 0 atom stereocenters. The molecule has 0 aliphatic rings. The molecule has 68 heavy (non-hydrogen) atoms. The number of anilines is 3. The highest BCUT2D eigenvalue weighted by Gasteiger charge is 2.21. The topological polar surface area (TPSA) is 8.17 Å². The summed E-state index contributed by atoms with van der Waals surface area (Å²) in [4.78, 5) is 2.40. The van der Waals surface area contributed by atoms with E-state index in [4.69, 9.17) is 0 Å². The highest BCUT2D eigenvalue weighted by molar-refractivity contribution is 6.21. The predicted octanol–water partition coefficient (Wildman–Crippen LogP) is 18.4. The van der Waals surface area contributed by atoms with Gasteiger partial charge in [0.2, 0.25) is 0 Å². The SMILES string of the molecule is c1ccc(-c2cccc3c2c2c(-c4cccc(N(c5ccc(-c6ccc7c(ccc8ccccc87)c6)cc5)c5ccc(-c6cccc7ccccc67)cc5)c4)cccc2n3-c2ccccc2)cc1. The molecule has 0 N–H and O–H groups in total. The summed E-state index contributed by atoms with van der Waals surface area (Å²) >= 11 is 0. The van der Waals surface area contributed by atoms with Crippen LogP contribution < -0.4 is 4.90 Å². The third-order valence-electron chi connectivity index (χ3n) is 13.8. The standard InChI is InChI=1S/C66H44N2/c1-3-15-47(16-4-1)61-27-13-29-63-65(61)66-62(28-14-30-64(66)68(63)53-21-5-2-6-22-53)51-20-11-23-56(44-51)67(55-40-35-49(36-41-55)59-26-12-19-46-17-7-9-24-57(46)59)54-38-33-45(34-39-54)50-37-42-60-52(43-50)32-31-48-18-8-10-25-58(48)60/h1-44H. The van der Waals surface area contributed by atoms with Crippen LogP contribution in [0.1, 0.15) is 0 Å². The molecule has 2 nitrogen and oxygen atoms in total. The fraction of sp³-hybridized carbons (Fsp3) is 0. The third kappa shape index (κ3) is 6.73. The molecule has 1 heterocycles. The molecule has 2 heteroatoms. The molecule has 0 radical (unpaired) electrons. The van der Waals surface area contributed by atoms with E-state index >= 15 is 0 Å². The van der Waals surface area contributed by atoms with Crippen molar-refractivity contribution >= 4 is 71.2 Å². The Kier molecular flexibility index (Phi) is 9.54. The zero-order valence-corrected chi connectivity index (χ0v) is 37.3. The van der Waals surface area contributed by atoms with Crippen molar-refractivity contribution in [2.24, 2.45) is 0 Å². The number of fused-ring (bicyclic) bond motifs is 7. The number of para-hydroxylation sites is 1. The summed E-state index contributed by atoms with van der Waals surface area (Å²) in [6, 6.07) is 97.5. The highest BCUT2D eigenvalue weighted by Crippen LogP contribution is 2.45. The summed E-state index contributed by atoms with van der Waals surface area (Å²) in [5, 5.41) is 10.0. The van der Waals surface area contributed by atoms with Crippen LogP contribution in [0.2, 0.25) is 0 Å². The first-order valence-electron chi connectivity index (χ1n) is 23.4. The third-order valence-corrected chi connectivity index (χ3v) is 13.8. The lowest BCUT2D eigenvalue weighted by atomic mass is 9.94. The summed E-state index contributed by atoms with van der Waals surface area (Å²) in [5.41, 5.74) is 16.3. The Balaban J connectivity index is 0.967. The Morgan fingerprint density at radius 2 is 0.735 bits per heavy atom. The van der Waals surface area contributed by atoms with Gasteiger partial charge in [0, 0.05) is 33.5 Å². The van der Waals surface area contributed by atoms with Crippen molar-refractivity contribution in [3.05, 3.63) is 267 Å². The van der Waals surface area contributed by atoms with Gasteiger partial charge in [-0.05, 0) is 144 Å². The molecule has 0 amide bonds. The smallest absolute Gasteiger partial charge is 0.0547 e. The van der Waals surface area contributed by atoms with E-state index < -0.39 is 0 Å². The number of benzene rings is 12. The molecule has 0 aliphatic heterocycles. The Bertz CT molecular complexity index is 3990. The van der Waals surface area contributed by atoms with Gasteiger partial charge in [0.25, 0.3) is 0 Å². The van der Waals surface area contributed by atoms with Gasteiger partial charge in [-0.15, -0.1) is 0 Å². The molecule has 318 valence electrons. The van der Waals surface area contributed by atoms with E-state index in [0.29, 0.717) is 0 Å². The minimum absolute atomic E-state index is 1.08. The number of nitrogens with zero attached hydrogens (tertiary/aromatic N) is 2. The van der Waals surface area contributed by atoms with Crippen molar-refractivity contribution in [3.63, 3.8) is 0 Å². The summed E-state index contributed by atoms with van der Waals surface area (Å²) < 4.78 is 2.42. The summed E-state index contributed by atoms with van der Waals surface area (Å²) in [6.45, 7) is 0. The predicted molar refractivity (Wildman–Crippen MR) is 290 cm³/mol. The second-order valence-electron chi connectivity index (χ2n) is 17.7. The van der Waals surface area contributed by atoms with Gasteiger partial charge in [0.15, 0.2) is 0 Å². The van der Waals surface area contributed by atoms with Gasteiger partial charge < -0.3 is 9.47 Å². The number of hydrogen-bond donors (Lipinski definition) is 0. The monoisotopic (exact) mass is 864 g/mol. The lowest BCUT2D eigenvalue weighted by molar-refractivity contribution is 1.18. The Morgan fingerprint density at radius 3 is 1.46 bits per heavy atom. The van der Waals surface area contributed by atoms with E-state index in [2.05, 4.69) is 276 Å². The lowest BCUT2D eigenvalue weighted by Crippen LogP contribution is -2.10. The average Bonchev–Trinajstić information content (AvgIpc) is 3.76. The molecule has 0 unspecified atom stereocenters. The second kappa shape index (κ2) is 16.5. The molecule has 0 fully saturated rings. The van der Waals surface area contributed by atoms with E-state index in [9.17, 15) is 0 Å². The molecule has 13 aromatic rings. The van der Waals surface area contributed by atoms with Crippen molar-refractivity contribution in [2.75, 3.05) is 4.90 Å². The fourth-order valence-corrected chi connectivity index (χ4v) is 10.6. The summed E-state index contributed by atoms with van der Waals surface area (Å²) in [5.74, 6) is 0. The minimum Gasteiger partial charge on any atom is -0.310 e. The molecule has 0 saturated carbocycles. The molecule has 13 rings (SSSR count). The van der Waals surface area contributed by atoms with Crippen molar-refractivity contribution in [3.8, 4) is 50.2 Å². The van der Waals surface area contributed by atoms with Crippen LogP contribution in [0.4, 0.5) is 17.1 Å². The second-order valence-corrected chi connectivity index (χ2v) is 17.7. The van der Waals surface area contributed by atoms with E-state index in [0.717, 1.165) is 28.3 Å². The maximum atomic E-state index is 2.42. The lowest BCUT2D eigenvalue weighted by Gasteiger charge is -2.26. The Labute approximate surface area is 395 Å². The van der Waals surface area contributed by atoms with Gasteiger partial charge in [-0.2, -0.15) is 0 Å². The fourth-order valence-electron chi connectivity index (χ4n) is 10.6. The van der Waals surface area contributed by atoms with E-state index in [1.165, 1.54) is 93.1 Å². The molecular weight excluding hydrogens is 821 g/mol. The van der Waals surface area contributed by atoms with Crippen molar-refractivity contribution < 1.29 is 0 Å². The Hall–Kier alpha value is -8.98. The van der Waals surface area contributed by atoms with Gasteiger partial charge in [-0.25, -0.2) is 0 Å². The van der Waals surface area contributed by atoms with Gasteiger partial charge in [-0.1, -0.05) is 200 Å². The molecule has 0 spiro atoms. The molecule has 12 aromatic carbocycles. The highest BCUT2D eigenvalue weighted by atomic mass is 15.1. The van der Waals surface area contributed by atoms with Crippen LogP contribution in [0, 0.1) is 0 Å². The number of hydrogen-bond acceptors (Lipinski definition) is 1. The van der Waals surface area contributed by atoms with Crippen molar-refractivity contribution in [1.82, 2.24) is 4.57 Å². The zero-order chi connectivity index (χ0) is 45.0. The first kappa shape index (κ1) is 39.4. The van der Waals surface area contributed by atoms with Gasteiger partial charge in [0.05, 0.1) is 11.0 Å². The van der Waals surface area contributed by atoms with E-state index in [1.54, 1.807) is 0 Å². The van der Waals surface area contributed by atoms with Crippen LogP contribution in [0.3, 0.4) is 0 Å². The van der Waals surface area contributed by atoms with Gasteiger partial charge >= 0.3 is 0 Å². The van der Waals surface area contributed by atoms with Crippen molar-refractivity contribution in [1.29, 1.82) is 0 Å². The summed E-state index contributed by atoms with van der Waals surface area (Å²) in [7, 11) is 0. The van der Waals surface area contributed by atoms with Crippen LogP contribution in [0.25, 0.3) is 104 Å². The first-order chi connectivity index (χ1) is 33.7. The van der Waals surface area contributed by atoms with Gasteiger partial charge in [0.1, 0.15) is 0 Å². The van der Waals surface area contributed by atoms with Gasteiger partial charge in [-0.3, -0.25) is 0 Å². The molecule has 0 saturated heterocycles. The number of rotatable bonds is 8. The molecule has 0 bridgehead atoms.